The zero-order chi connectivity index (χ0) is 12.3. The number of hydrogen-bond acceptors (Lipinski definition) is 1. The van der Waals surface area contributed by atoms with Gasteiger partial charge in [-0.2, -0.15) is 0 Å². The highest BCUT2D eigenvalue weighted by Gasteiger charge is 2.12. The molecule has 1 radical (unpaired) electrons. The third-order valence-electron chi connectivity index (χ3n) is 2.71. The quantitative estimate of drug-likeness (QED) is 0.813. The SMILES string of the molecule is Cc1c(C[n+]2ccccc2)[c]ccc1C(=O)O. The molecule has 2 rings (SSSR count). The molecule has 0 atom stereocenters. The maximum atomic E-state index is 11.0. The van der Waals surface area contributed by atoms with Crippen LogP contribution in [0.4, 0.5) is 0 Å². The van der Waals surface area contributed by atoms with Crippen LogP contribution in [-0.2, 0) is 6.54 Å². The molecule has 17 heavy (non-hydrogen) atoms. The van der Waals surface area contributed by atoms with Gasteiger partial charge in [0.25, 0.3) is 0 Å². The van der Waals surface area contributed by atoms with Crippen LogP contribution >= 0.6 is 0 Å². The Morgan fingerprint density at radius 2 is 2.06 bits per heavy atom. The van der Waals surface area contributed by atoms with Gasteiger partial charge in [0.15, 0.2) is 18.9 Å². The van der Waals surface area contributed by atoms with Crippen molar-refractivity contribution >= 4 is 5.97 Å². The van der Waals surface area contributed by atoms with Crippen molar-refractivity contribution in [2.75, 3.05) is 0 Å². The molecule has 1 aromatic carbocycles. The molecule has 0 saturated heterocycles. The van der Waals surface area contributed by atoms with Gasteiger partial charge < -0.3 is 5.11 Å². The van der Waals surface area contributed by atoms with Gasteiger partial charge >= 0.3 is 5.97 Å². The lowest BCUT2D eigenvalue weighted by molar-refractivity contribution is -0.688. The minimum atomic E-state index is -0.893. The Kier molecular flexibility index (Phi) is 3.19. The van der Waals surface area contributed by atoms with Gasteiger partial charge in [-0.05, 0) is 24.6 Å². The summed E-state index contributed by atoms with van der Waals surface area (Å²) in [5.74, 6) is -0.893. The van der Waals surface area contributed by atoms with Crippen molar-refractivity contribution in [1.82, 2.24) is 0 Å². The van der Waals surface area contributed by atoms with Crippen molar-refractivity contribution in [2.24, 2.45) is 0 Å². The second-order valence-corrected chi connectivity index (χ2v) is 3.85. The van der Waals surface area contributed by atoms with Crippen molar-refractivity contribution in [3.8, 4) is 0 Å². The highest BCUT2D eigenvalue weighted by atomic mass is 16.4. The molecular formula is C14H13NO2+. The molecule has 0 amide bonds. The van der Waals surface area contributed by atoms with E-state index >= 15 is 0 Å². The number of benzene rings is 1. The summed E-state index contributed by atoms with van der Waals surface area (Å²) >= 11 is 0. The van der Waals surface area contributed by atoms with Crippen LogP contribution in [0.25, 0.3) is 0 Å². The predicted molar refractivity (Wildman–Crippen MR) is 62.7 cm³/mol. The van der Waals surface area contributed by atoms with Gasteiger partial charge in [0.05, 0.1) is 5.56 Å². The number of aromatic nitrogens is 1. The molecule has 0 saturated carbocycles. The van der Waals surface area contributed by atoms with Crippen LogP contribution in [0.15, 0.2) is 42.7 Å². The van der Waals surface area contributed by atoms with Crippen molar-refractivity contribution < 1.29 is 14.5 Å². The van der Waals surface area contributed by atoms with Crippen molar-refractivity contribution in [3.63, 3.8) is 0 Å². The fraction of sp³-hybridized carbons (Fsp3) is 0.143. The molecule has 0 aliphatic carbocycles. The molecule has 85 valence electrons. The van der Waals surface area contributed by atoms with Crippen LogP contribution in [0.1, 0.15) is 21.5 Å². The Morgan fingerprint density at radius 3 is 2.71 bits per heavy atom. The summed E-state index contributed by atoms with van der Waals surface area (Å²) in [7, 11) is 0. The van der Waals surface area contributed by atoms with E-state index in [0.717, 1.165) is 11.1 Å². The average Bonchev–Trinajstić information content (AvgIpc) is 2.33. The molecular weight excluding hydrogens is 214 g/mol. The highest BCUT2D eigenvalue weighted by Crippen LogP contribution is 2.12. The van der Waals surface area contributed by atoms with Gasteiger partial charge in [0, 0.05) is 17.7 Å². The van der Waals surface area contributed by atoms with E-state index < -0.39 is 5.97 Å². The Balaban J connectivity index is 2.34. The maximum absolute atomic E-state index is 11.0. The lowest BCUT2D eigenvalue weighted by atomic mass is 10.0. The van der Waals surface area contributed by atoms with E-state index in [4.69, 9.17) is 5.11 Å². The largest absolute Gasteiger partial charge is 0.478 e. The van der Waals surface area contributed by atoms with E-state index in [1.165, 1.54) is 0 Å². The van der Waals surface area contributed by atoms with Crippen molar-refractivity contribution in [2.45, 2.75) is 13.5 Å². The molecule has 3 heteroatoms. The summed E-state index contributed by atoms with van der Waals surface area (Å²) < 4.78 is 1.99. The zero-order valence-electron chi connectivity index (χ0n) is 9.55. The first kappa shape index (κ1) is 11.3. The summed E-state index contributed by atoms with van der Waals surface area (Å²) in [6.07, 6.45) is 3.89. The molecule has 3 nitrogen and oxygen atoms in total. The zero-order valence-corrected chi connectivity index (χ0v) is 9.55. The molecule has 0 fully saturated rings. The van der Waals surface area contributed by atoms with Crippen LogP contribution in [0, 0.1) is 13.0 Å². The van der Waals surface area contributed by atoms with Gasteiger partial charge in [0.1, 0.15) is 0 Å². The Morgan fingerprint density at radius 1 is 1.35 bits per heavy atom. The van der Waals surface area contributed by atoms with Crippen LogP contribution in [0.5, 0.6) is 0 Å². The van der Waals surface area contributed by atoms with E-state index in [-0.39, 0.29) is 0 Å². The molecule has 1 aromatic heterocycles. The van der Waals surface area contributed by atoms with Crippen LogP contribution < -0.4 is 4.57 Å². The van der Waals surface area contributed by atoms with Crippen molar-refractivity contribution in [1.29, 1.82) is 0 Å². The lowest BCUT2D eigenvalue weighted by Crippen LogP contribution is -2.33. The number of rotatable bonds is 3. The van der Waals surface area contributed by atoms with Gasteiger partial charge in [-0.25, -0.2) is 9.36 Å². The van der Waals surface area contributed by atoms with Gasteiger partial charge in [-0.1, -0.05) is 12.1 Å². The first-order valence-electron chi connectivity index (χ1n) is 5.36. The summed E-state index contributed by atoms with van der Waals surface area (Å²) in [6, 6.07) is 12.2. The maximum Gasteiger partial charge on any atom is 0.335 e. The summed E-state index contributed by atoms with van der Waals surface area (Å²) in [6.45, 7) is 2.45. The number of aromatic carboxylic acids is 1. The number of hydrogen-bond donors (Lipinski definition) is 1. The van der Waals surface area contributed by atoms with E-state index in [0.29, 0.717) is 12.1 Å². The third kappa shape index (κ3) is 2.50. The smallest absolute Gasteiger partial charge is 0.335 e. The van der Waals surface area contributed by atoms with E-state index in [1.54, 1.807) is 12.1 Å². The fourth-order valence-electron chi connectivity index (χ4n) is 1.74. The van der Waals surface area contributed by atoms with E-state index in [9.17, 15) is 4.79 Å². The summed E-state index contributed by atoms with van der Waals surface area (Å²) in [5, 5.41) is 9.04. The number of carboxylic acid groups (broad SMARTS) is 1. The van der Waals surface area contributed by atoms with E-state index in [2.05, 4.69) is 6.07 Å². The molecule has 1 heterocycles. The lowest BCUT2D eigenvalue weighted by Gasteiger charge is -2.05. The topological polar surface area (TPSA) is 41.2 Å². The monoisotopic (exact) mass is 227 g/mol. The molecule has 0 bridgehead atoms. The average molecular weight is 227 g/mol. The van der Waals surface area contributed by atoms with Crippen LogP contribution in [0.3, 0.4) is 0 Å². The Labute approximate surface area is 100.0 Å². The highest BCUT2D eigenvalue weighted by molar-refractivity contribution is 5.89. The molecule has 2 aromatic rings. The third-order valence-corrected chi connectivity index (χ3v) is 2.71. The normalized spacial score (nSPS) is 10.2. The predicted octanol–water partition coefficient (Wildman–Crippen LogP) is 1.83. The van der Waals surface area contributed by atoms with E-state index in [1.807, 2.05) is 42.1 Å². The van der Waals surface area contributed by atoms with Gasteiger partial charge in [-0.3, -0.25) is 0 Å². The molecule has 0 unspecified atom stereocenters. The molecule has 0 spiro atoms. The number of carbonyl (C=O) groups is 1. The molecule has 1 N–H and O–H groups in total. The minimum Gasteiger partial charge on any atom is -0.478 e. The molecule has 0 aliphatic heterocycles. The second kappa shape index (κ2) is 4.78. The Hall–Kier alpha value is -2.16. The summed E-state index contributed by atoms with van der Waals surface area (Å²) in [4.78, 5) is 11.0. The molecule has 0 aliphatic rings. The van der Waals surface area contributed by atoms with Crippen molar-refractivity contribution in [3.05, 3.63) is 65.5 Å². The fourth-order valence-corrected chi connectivity index (χ4v) is 1.74. The van der Waals surface area contributed by atoms with Gasteiger partial charge in [0.2, 0.25) is 0 Å². The summed E-state index contributed by atoms with van der Waals surface area (Å²) in [5.41, 5.74) is 2.02. The number of carboxylic acids is 1. The van der Waals surface area contributed by atoms with Gasteiger partial charge in [-0.15, -0.1) is 0 Å². The first-order valence-corrected chi connectivity index (χ1v) is 5.36. The Bertz CT molecular complexity index is 535. The second-order valence-electron chi connectivity index (χ2n) is 3.85. The van der Waals surface area contributed by atoms with Crippen LogP contribution in [-0.4, -0.2) is 11.1 Å². The standard InChI is InChI=1S/C14H12NO2/c1-11-12(6-5-7-13(11)14(16)17)10-15-8-3-2-4-9-15/h2-5,7-9H,10H2,1H3/p+1. The van der Waals surface area contributed by atoms with Crippen LogP contribution in [0.2, 0.25) is 0 Å². The number of nitrogens with zero attached hydrogens (tertiary/aromatic N) is 1. The number of pyridine rings is 1. The first-order chi connectivity index (χ1) is 8.18. The minimum absolute atomic E-state index is 0.343.